The highest BCUT2D eigenvalue weighted by molar-refractivity contribution is 5.26. The van der Waals surface area contributed by atoms with Crippen LogP contribution in [0.1, 0.15) is 30.6 Å². The summed E-state index contributed by atoms with van der Waals surface area (Å²) < 4.78 is 10.7. The molecule has 1 aliphatic rings. The van der Waals surface area contributed by atoms with Crippen LogP contribution < -0.4 is 0 Å². The third kappa shape index (κ3) is 2.56. The van der Waals surface area contributed by atoms with Gasteiger partial charge in [-0.05, 0) is 17.5 Å². The summed E-state index contributed by atoms with van der Waals surface area (Å²) in [7, 11) is 0. The minimum atomic E-state index is 0.348. The Labute approximate surface area is 84.8 Å². The van der Waals surface area contributed by atoms with E-state index in [9.17, 15) is 0 Å². The van der Waals surface area contributed by atoms with Crippen molar-refractivity contribution in [3.05, 3.63) is 35.4 Å². The molecule has 1 aliphatic heterocycles. The van der Waals surface area contributed by atoms with Gasteiger partial charge < -0.3 is 9.47 Å². The largest absolute Gasteiger partial charge is 0.377 e. The number of hydrogen-bond donors (Lipinski definition) is 0. The van der Waals surface area contributed by atoms with Crippen molar-refractivity contribution in [1.82, 2.24) is 0 Å². The van der Waals surface area contributed by atoms with Gasteiger partial charge in [-0.3, -0.25) is 0 Å². The summed E-state index contributed by atoms with van der Waals surface area (Å²) in [6, 6.07) is 8.46. The average Bonchev–Trinajstić information content (AvgIpc) is 3.02. The molecule has 0 radical (unpaired) electrons. The van der Waals surface area contributed by atoms with E-state index in [1.807, 2.05) is 0 Å². The SMILES string of the molecule is CCCOCc1cccc(C2CO2)c1. The lowest BCUT2D eigenvalue weighted by Crippen LogP contribution is -1.94. The minimum Gasteiger partial charge on any atom is -0.377 e. The van der Waals surface area contributed by atoms with Gasteiger partial charge in [0, 0.05) is 6.61 Å². The van der Waals surface area contributed by atoms with E-state index in [-0.39, 0.29) is 0 Å². The zero-order valence-corrected chi connectivity index (χ0v) is 8.53. The van der Waals surface area contributed by atoms with Crippen LogP contribution in [0.2, 0.25) is 0 Å². The highest BCUT2D eigenvalue weighted by Crippen LogP contribution is 2.29. The van der Waals surface area contributed by atoms with Gasteiger partial charge in [-0.15, -0.1) is 0 Å². The molecule has 1 aromatic rings. The van der Waals surface area contributed by atoms with Crippen LogP contribution in [0.15, 0.2) is 24.3 Å². The van der Waals surface area contributed by atoms with E-state index in [0.29, 0.717) is 12.7 Å². The maximum absolute atomic E-state index is 5.48. The van der Waals surface area contributed by atoms with Gasteiger partial charge in [0.2, 0.25) is 0 Å². The van der Waals surface area contributed by atoms with Crippen LogP contribution in [0.5, 0.6) is 0 Å². The molecule has 0 N–H and O–H groups in total. The van der Waals surface area contributed by atoms with Gasteiger partial charge in [0.15, 0.2) is 0 Å². The second-order valence-electron chi connectivity index (χ2n) is 3.62. The molecule has 0 aromatic heterocycles. The number of ether oxygens (including phenoxy) is 2. The van der Waals surface area contributed by atoms with Crippen molar-refractivity contribution in [1.29, 1.82) is 0 Å². The molecule has 0 amide bonds. The standard InChI is InChI=1S/C12H16O2/c1-2-6-13-8-10-4-3-5-11(7-10)12-9-14-12/h3-5,7,12H,2,6,8-9H2,1H3. The van der Waals surface area contributed by atoms with Crippen molar-refractivity contribution in [3.8, 4) is 0 Å². The Bertz CT molecular complexity index is 292. The first-order chi connectivity index (χ1) is 6.90. The molecule has 2 nitrogen and oxygen atoms in total. The summed E-state index contributed by atoms with van der Waals surface area (Å²) >= 11 is 0. The van der Waals surface area contributed by atoms with Crippen LogP contribution in [-0.2, 0) is 16.1 Å². The van der Waals surface area contributed by atoms with Gasteiger partial charge in [0.05, 0.1) is 13.2 Å². The van der Waals surface area contributed by atoms with Crippen molar-refractivity contribution < 1.29 is 9.47 Å². The second kappa shape index (κ2) is 4.58. The van der Waals surface area contributed by atoms with Gasteiger partial charge in [0.25, 0.3) is 0 Å². The highest BCUT2D eigenvalue weighted by Gasteiger charge is 2.24. The van der Waals surface area contributed by atoms with E-state index >= 15 is 0 Å². The number of benzene rings is 1. The normalized spacial score (nSPS) is 19.6. The monoisotopic (exact) mass is 192 g/mol. The topological polar surface area (TPSA) is 21.8 Å². The molecule has 1 fully saturated rings. The van der Waals surface area contributed by atoms with E-state index < -0.39 is 0 Å². The zero-order valence-electron chi connectivity index (χ0n) is 8.53. The lowest BCUT2D eigenvalue weighted by atomic mass is 10.1. The molecule has 1 atom stereocenters. The summed E-state index contributed by atoms with van der Waals surface area (Å²) in [5.74, 6) is 0. The average molecular weight is 192 g/mol. The van der Waals surface area contributed by atoms with E-state index in [1.165, 1.54) is 11.1 Å². The molecule has 1 unspecified atom stereocenters. The fraction of sp³-hybridized carbons (Fsp3) is 0.500. The van der Waals surface area contributed by atoms with Crippen LogP contribution in [0.4, 0.5) is 0 Å². The van der Waals surface area contributed by atoms with Crippen LogP contribution in [0.25, 0.3) is 0 Å². The van der Waals surface area contributed by atoms with Crippen molar-refractivity contribution in [2.24, 2.45) is 0 Å². The Balaban J connectivity index is 1.92. The predicted molar refractivity (Wildman–Crippen MR) is 55.1 cm³/mol. The molecule has 76 valence electrons. The molecule has 0 spiro atoms. The quantitative estimate of drug-likeness (QED) is 0.528. The van der Waals surface area contributed by atoms with Crippen molar-refractivity contribution in [2.45, 2.75) is 26.1 Å². The molecule has 14 heavy (non-hydrogen) atoms. The fourth-order valence-corrected chi connectivity index (χ4v) is 1.46. The predicted octanol–water partition coefficient (Wildman–Crippen LogP) is 2.68. The zero-order chi connectivity index (χ0) is 9.80. The fourth-order valence-electron chi connectivity index (χ4n) is 1.46. The first-order valence-corrected chi connectivity index (χ1v) is 5.18. The molecule has 1 aromatic carbocycles. The number of rotatable bonds is 5. The van der Waals surface area contributed by atoms with Crippen LogP contribution in [0, 0.1) is 0 Å². The van der Waals surface area contributed by atoms with Gasteiger partial charge in [0.1, 0.15) is 6.10 Å². The molecule has 1 heterocycles. The maximum atomic E-state index is 5.48. The highest BCUT2D eigenvalue weighted by atomic mass is 16.6. The summed E-state index contributed by atoms with van der Waals surface area (Å²) in [6.07, 6.45) is 1.42. The van der Waals surface area contributed by atoms with E-state index in [1.54, 1.807) is 0 Å². The van der Waals surface area contributed by atoms with E-state index in [0.717, 1.165) is 19.6 Å². The van der Waals surface area contributed by atoms with E-state index in [2.05, 4.69) is 31.2 Å². The van der Waals surface area contributed by atoms with Gasteiger partial charge >= 0.3 is 0 Å². The van der Waals surface area contributed by atoms with Gasteiger partial charge in [-0.1, -0.05) is 31.2 Å². The van der Waals surface area contributed by atoms with Gasteiger partial charge in [-0.2, -0.15) is 0 Å². The smallest absolute Gasteiger partial charge is 0.106 e. The Kier molecular flexibility index (Phi) is 3.17. The first kappa shape index (κ1) is 9.69. The molecule has 2 rings (SSSR count). The molecule has 0 saturated carbocycles. The van der Waals surface area contributed by atoms with Crippen LogP contribution in [-0.4, -0.2) is 13.2 Å². The number of hydrogen-bond acceptors (Lipinski definition) is 2. The lowest BCUT2D eigenvalue weighted by molar-refractivity contribution is 0.121. The Morgan fingerprint density at radius 3 is 3.07 bits per heavy atom. The van der Waals surface area contributed by atoms with Crippen LogP contribution >= 0.6 is 0 Å². The molecule has 0 aliphatic carbocycles. The second-order valence-corrected chi connectivity index (χ2v) is 3.62. The first-order valence-electron chi connectivity index (χ1n) is 5.18. The Morgan fingerprint density at radius 2 is 2.36 bits per heavy atom. The third-order valence-corrected chi connectivity index (χ3v) is 2.27. The van der Waals surface area contributed by atoms with Crippen LogP contribution in [0.3, 0.4) is 0 Å². The van der Waals surface area contributed by atoms with Crippen molar-refractivity contribution >= 4 is 0 Å². The van der Waals surface area contributed by atoms with Crippen molar-refractivity contribution in [2.75, 3.05) is 13.2 Å². The minimum absolute atomic E-state index is 0.348. The summed E-state index contributed by atoms with van der Waals surface area (Å²) in [4.78, 5) is 0. The van der Waals surface area contributed by atoms with Crippen molar-refractivity contribution in [3.63, 3.8) is 0 Å². The summed E-state index contributed by atoms with van der Waals surface area (Å²) in [5.41, 5.74) is 2.52. The molecular weight excluding hydrogens is 176 g/mol. The van der Waals surface area contributed by atoms with Gasteiger partial charge in [-0.25, -0.2) is 0 Å². The molecule has 1 saturated heterocycles. The number of epoxide rings is 1. The molecule has 0 bridgehead atoms. The maximum Gasteiger partial charge on any atom is 0.106 e. The third-order valence-electron chi connectivity index (χ3n) is 2.27. The summed E-state index contributed by atoms with van der Waals surface area (Å²) in [6.45, 7) is 4.55. The molecular formula is C12H16O2. The Hall–Kier alpha value is -0.860. The summed E-state index contributed by atoms with van der Waals surface area (Å²) in [5, 5.41) is 0. The molecule has 2 heteroatoms. The van der Waals surface area contributed by atoms with E-state index in [4.69, 9.17) is 9.47 Å². The Morgan fingerprint density at radius 1 is 1.50 bits per heavy atom. The lowest BCUT2D eigenvalue weighted by Gasteiger charge is -2.04.